The van der Waals surface area contributed by atoms with Crippen molar-refractivity contribution in [1.29, 1.82) is 0 Å². The maximum absolute atomic E-state index is 10.6. The lowest BCUT2D eigenvalue weighted by molar-refractivity contribution is -0.0481. The lowest BCUT2D eigenvalue weighted by atomic mass is 10.1. The Labute approximate surface area is 170 Å². The number of imidazole rings is 1. The van der Waals surface area contributed by atoms with E-state index in [1.807, 2.05) is 0 Å². The molecular formula is C18H22N6O6. The first-order chi connectivity index (χ1) is 14.6. The molecule has 2 aliphatic rings. The number of anilines is 1. The van der Waals surface area contributed by atoms with Crippen molar-refractivity contribution in [3.8, 4) is 5.88 Å². The van der Waals surface area contributed by atoms with Gasteiger partial charge in [0.15, 0.2) is 23.2 Å². The summed E-state index contributed by atoms with van der Waals surface area (Å²) in [6, 6.07) is 1.78. The van der Waals surface area contributed by atoms with Crippen LogP contribution in [0.15, 0.2) is 23.2 Å². The normalized spacial score (nSPS) is 29.0. The number of aliphatic hydroxyl groups is 2. The van der Waals surface area contributed by atoms with Crippen molar-refractivity contribution in [3.63, 3.8) is 0 Å². The van der Waals surface area contributed by atoms with Crippen LogP contribution in [0.4, 0.5) is 5.82 Å². The summed E-state index contributed by atoms with van der Waals surface area (Å²) in [5.41, 5.74) is 1.03. The summed E-state index contributed by atoms with van der Waals surface area (Å²) in [6.07, 6.45) is -0.176. The molecular weight excluding hydrogens is 396 g/mol. The molecule has 0 radical (unpaired) electrons. The number of aliphatic hydroxyl groups excluding tert-OH is 2. The van der Waals surface area contributed by atoms with Crippen LogP contribution in [0.1, 0.15) is 18.4 Å². The second kappa shape index (κ2) is 7.80. The van der Waals surface area contributed by atoms with Gasteiger partial charge in [-0.05, 0) is 18.5 Å². The number of fused-ring (bicyclic) bond motifs is 1. The number of aryl methyl sites for hydroxylation is 1. The second-order valence-corrected chi connectivity index (χ2v) is 7.38. The van der Waals surface area contributed by atoms with Gasteiger partial charge in [0.25, 0.3) is 5.88 Å². The minimum Gasteiger partial charge on any atom is -0.473 e. The van der Waals surface area contributed by atoms with E-state index in [0.29, 0.717) is 36.0 Å². The lowest BCUT2D eigenvalue weighted by Gasteiger charge is -2.17. The summed E-state index contributed by atoms with van der Waals surface area (Å²) in [5.74, 6) is 1.48. The van der Waals surface area contributed by atoms with Crippen molar-refractivity contribution >= 4 is 17.0 Å². The molecule has 0 spiro atoms. The van der Waals surface area contributed by atoms with Gasteiger partial charge in [0.1, 0.15) is 37.0 Å². The van der Waals surface area contributed by atoms with Gasteiger partial charge in [-0.15, -0.1) is 0 Å². The Bertz CT molecular complexity index is 1020. The fraction of sp³-hybridized carbons (Fsp3) is 0.556. The first kappa shape index (κ1) is 19.2. The fourth-order valence-corrected chi connectivity index (χ4v) is 3.66. The predicted molar refractivity (Wildman–Crippen MR) is 101 cm³/mol. The molecule has 12 nitrogen and oxygen atoms in total. The van der Waals surface area contributed by atoms with E-state index in [4.69, 9.17) is 18.7 Å². The van der Waals surface area contributed by atoms with E-state index in [2.05, 4.69) is 25.4 Å². The molecule has 0 aliphatic carbocycles. The molecule has 3 aromatic rings. The second-order valence-electron chi connectivity index (χ2n) is 7.38. The summed E-state index contributed by atoms with van der Waals surface area (Å²) in [6.45, 7) is 3.06. The molecule has 0 bridgehead atoms. The molecule has 5 heterocycles. The molecule has 0 saturated carbocycles. The molecule has 3 N–H and O–H groups in total. The van der Waals surface area contributed by atoms with Crippen LogP contribution < -0.4 is 10.1 Å². The van der Waals surface area contributed by atoms with E-state index >= 15 is 0 Å². The topological polar surface area (TPSA) is 150 Å². The zero-order valence-corrected chi connectivity index (χ0v) is 16.2. The Kier molecular flexibility index (Phi) is 4.98. The van der Waals surface area contributed by atoms with E-state index in [1.165, 1.54) is 12.7 Å². The molecule has 5 rings (SSSR count). The molecule has 2 unspecified atom stereocenters. The first-order valence-corrected chi connectivity index (χ1v) is 9.69. The molecule has 5 atom stereocenters. The summed E-state index contributed by atoms with van der Waals surface area (Å²) in [5, 5.41) is 28.1. The van der Waals surface area contributed by atoms with E-state index in [0.717, 1.165) is 6.42 Å². The van der Waals surface area contributed by atoms with Crippen molar-refractivity contribution < 1.29 is 28.9 Å². The van der Waals surface area contributed by atoms with E-state index < -0.39 is 24.5 Å². The largest absolute Gasteiger partial charge is 0.473 e. The maximum Gasteiger partial charge on any atom is 0.254 e. The quantitative estimate of drug-likeness (QED) is 0.497. The Hall–Kier alpha value is -2.80. The van der Waals surface area contributed by atoms with Gasteiger partial charge in [-0.25, -0.2) is 15.0 Å². The number of nitrogens with zero attached hydrogens (tertiary/aromatic N) is 5. The van der Waals surface area contributed by atoms with E-state index in [9.17, 15) is 10.2 Å². The van der Waals surface area contributed by atoms with Crippen molar-refractivity contribution in [2.75, 3.05) is 25.1 Å². The third-order valence-electron chi connectivity index (χ3n) is 5.24. The summed E-state index contributed by atoms with van der Waals surface area (Å²) in [7, 11) is 0. The Morgan fingerprint density at radius 1 is 1.27 bits per heavy atom. The van der Waals surface area contributed by atoms with Crippen LogP contribution in [0.2, 0.25) is 0 Å². The van der Waals surface area contributed by atoms with Crippen LogP contribution in [0, 0.1) is 6.92 Å². The van der Waals surface area contributed by atoms with Gasteiger partial charge in [0, 0.05) is 12.7 Å². The highest BCUT2D eigenvalue weighted by Crippen LogP contribution is 2.32. The fourth-order valence-electron chi connectivity index (χ4n) is 3.66. The van der Waals surface area contributed by atoms with Crippen LogP contribution in [-0.2, 0) is 9.47 Å². The first-order valence-electron chi connectivity index (χ1n) is 9.69. The minimum absolute atomic E-state index is 0.00318. The molecule has 3 aromatic heterocycles. The zero-order chi connectivity index (χ0) is 20.7. The highest BCUT2D eigenvalue weighted by atomic mass is 16.6. The SMILES string of the molecule is Cc1cc(OC[C@H]2OC(n3cnc4c(NC5CCOC5)ncnc43)[C@@H](O)[C@H]2O)no1. The third kappa shape index (κ3) is 3.47. The lowest BCUT2D eigenvalue weighted by Crippen LogP contribution is -2.34. The molecule has 12 heteroatoms. The van der Waals surface area contributed by atoms with Crippen LogP contribution in [-0.4, -0.2) is 79.1 Å². The maximum atomic E-state index is 10.6. The van der Waals surface area contributed by atoms with Crippen molar-refractivity contribution in [2.45, 2.75) is 43.9 Å². The van der Waals surface area contributed by atoms with Crippen molar-refractivity contribution in [1.82, 2.24) is 24.7 Å². The number of nitrogens with one attached hydrogen (secondary N) is 1. The average molecular weight is 418 g/mol. The predicted octanol–water partition coefficient (Wildman–Crippen LogP) is 0.0217. The number of aromatic nitrogens is 5. The van der Waals surface area contributed by atoms with Gasteiger partial charge < -0.3 is 34.3 Å². The van der Waals surface area contributed by atoms with Crippen molar-refractivity contribution in [3.05, 3.63) is 24.5 Å². The number of ether oxygens (including phenoxy) is 3. The molecule has 2 fully saturated rings. The van der Waals surface area contributed by atoms with Gasteiger partial charge >= 0.3 is 0 Å². The molecule has 0 amide bonds. The monoisotopic (exact) mass is 418 g/mol. The van der Waals surface area contributed by atoms with E-state index in [1.54, 1.807) is 17.6 Å². The molecule has 160 valence electrons. The highest BCUT2D eigenvalue weighted by Gasteiger charge is 2.45. The number of hydrogen-bond acceptors (Lipinski definition) is 11. The van der Waals surface area contributed by atoms with Gasteiger partial charge in [0.2, 0.25) is 0 Å². The minimum atomic E-state index is -1.19. The molecule has 2 saturated heterocycles. The zero-order valence-electron chi connectivity index (χ0n) is 16.2. The van der Waals surface area contributed by atoms with Crippen LogP contribution >= 0.6 is 0 Å². The van der Waals surface area contributed by atoms with Crippen LogP contribution in [0.5, 0.6) is 5.88 Å². The Morgan fingerprint density at radius 2 is 2.17 bits per heavy atom. The average Bonchev–Trinajstić information content (AvgIpc) is 3.52. The molecule has 0 aromatic carbocycles. The van der Waals surface area contributed by atoms with Crippen molar-refractivity contribution in [2.24, 2.45) is 0 Å². The third-order valence-corrected chi connectivity index (χ3v) is 5.24. The number of hydrogen-bond donors (Lipinski definition) is 3. The van der Waals surface area contributed by atoms with Crippen LogP contribution in [0.3, 0.4) is 0 Å². The Balaban J connectivity index is 1.34. The van der Waals surface area contributed by atoms with E-state index in [-0.39, 0.29) is 18.5 Å². The summed E-state index contributed by atoms with van der Waals surface area (Å²) in [4.78, 5) is 13.0. The van der Waals surface area contributed by atoms with Gasteiger partial charge in [-0.1, -0.05) is 0 Å². The molecule has 30 heavy (non-hydrogen) atoms. The Morgan fingerprint density at radius 3 is 2.93 bits per heavy atom. The standard InChI is InChI=1S/C18H22N6O6/c1-9-4-12(23-30-9)28-6-11-14(25)15(26)18(29-11)24-8-21-13-16(19-7-20-17(13)24)22-10-2-3-27-5-10/h4,7-8,10-11,14-15,18,25-26H,2-3,5-6H2,1H3,(H,19,20,22)/t10?,11-,14+,15+,18?/m1/s1. The number of rotatable bonds is 6. The highest BCUT2D eigenvalue weighted by molar-refractivity contribution is 5.82. The van der Waals surface area contributed by atoms with Gasteiger partial charge in [-0.2, -0.15) is 0 Å². The van der Waals surface area contributed by atoms with Crippen LogP contribution in [0.25, 0.3) is 11.2 Å². The summed E-state index contributed by atoms with van der Waals surface area (Å²) < 4.78 is 23.3. The smallest absolute Gasteiger partial charge is 0.254 e. The van der Waals surface area contributed by atoms with Gasteiger partial charge in [0.05, 0.1) is 19.0 Å². The van der Waals surface area contributed by atoms with Gasteiger partial charge in [-0.3, -0.25) is 4.57 Å². The summed E-state index contributed by atoms with van der Waals surface area (Å²) >= 11 is 0. The molecule has 2 aliphatic heterocycles.